The molecule has 0 spiro atoms. The lowest BCUT2D eigenvalue weighted by Crippen LogP contribution is -2.49. The second kappa shape index (κ2) is 7.18. The summed E-state index contributed by atoms with van der Waals surface area (Å²) in [6, 6.07) is 10.6. The summed E-state index contributed by atoms with van der Waals surface area (Å²) >= 11 is 0. The van der Waals surface area contributed by atoms with Crippen LogP contribution in [0.25, 0.3) is 0 Å². The Morgan fingerprint density at radius 3 is 2.24 bits per heavy atom. The van der Waals surface area contributed by atoms with E-state index in [1.165, 1.54) is 37.1 Å². The number of urea groups is 1. The van der Waals surface area contributed by atoms with Crippen molar-refractivity contribution in [2.45, 2.75) is 38.0 Å². The van der Waals surface area contributed by atoms with Gasteiger partial charge in [-0.2, -0.15) is 4.31 Å². The molecule has 29 heavy (non-hydrogen) atoms. The summed E-state index contributed by atoms with van der Waals surface area (Å²) < 4.78 is 32.6. The molecule has 8 heteroatoms. The molecule has 0 unspecified atom stereocenters. The third kappa shape index (κ3) is 3.85. The molecule has 2 aromatic rings. The molecule has 0 saturated heterocycles. The van der Waals surface area contributed by atoms with Crippen molar-refractivity contribution in [3.63, 3.8) is 0 Å². The van der Waals surface area contributed by atoms with E-state index in [1.54, 1.807) is 12.1 Å². The van der Waals surface area contributed by atoms with Crippen LogP contribution in [0.15, 0.2) is 47.4 Å². The summed E-state index contributed by atoms with van der Waals surface area (Å²) in [5.41, 5.74) is 1.42. The van der Waals surface area contributed by atoms with Crippen LogP contribution in [0, 0.1) is 0 Å². The lowest BCUT2D eigenvalue weighted by Gasteiger charge is -2.34. The van der Waals surface area contributed by atoms with Gasteiger partial charge in [-0.05, 0) is 42.2 Å². The van der Waals surface area contributed by atoms with Crippen molar-refractivity contribution in [1.82, 2.24) is 0 Å². The quantitative estimate of drug-likeness (QED) is 0.759. The van der Waals surface area contributed by atoms with Crippen molar-refractivity contribution in [3.05, 3.63) is 48.0 Å². The molecule has 0 bridgehead atoms. The molecule has 2 amide bonds. The molecule has 0 N–H and O–H groups in total. The highest BCUT2D eigenvalue weighted by molar-refractivity contribution is 7.94. The maximum atomic E-state index is 13.2. The molecule has 7 nitrogen and oxygen atoms in total. The van der Waals surface area contributed by atoms with Crippen LogP contribution in [0.2, 0.25) is 0 Å². The molecule has 0 fully saturated rings. The SMILES string of the molecule is CC(=O)COc1ccc2c(c1)N(C)C(=O)N(c1ccc(C(C)(C)C)cc1)S2(=O)=O. The zero-order valence-electron chi connectivity index (χ0n) is 17.1. The van der Waals surface area contributed by atoms with E-state index in [1.807, 2.05) is 12.1 Å². The van der Waals surface area contributed by atoms with Gasteiger partial charge in [0, 0.05) is 13.1 Å². The number of fused-ring (bicyclic) bond motifs is 1. The normalized spacial score (nSPS) is 15.8. The van der Waals surface area contributed by atoms with Crippen molar-refractivity contribution < 1.29 is 22.7 Å². The van der Waals surface area contributed by atoms with E-state index >= 15 is 0 Å². The number of hydrogen-bond acceptors (Lipinski definition) is 5. The molecule has 2 aromatic carbocycles. The monoisotopic (exact) mass is 416 g/mol. The summed E-state index contributed by atoms with van der Waals surface area (Å²) in [7, 11) is -2.59. The summed E-state index contributed by atoms with van der Waals surface area (Å²) in [4.78, 5) is 25.3. The van der Waals surface area contributed by atoms with E-state index in [0.717, 1.165) is 9.87 Å². The summed E-state index contributed by atoms with van der Waals surface area (Å²) in [5, 5.41) is 0. The largest absolute Gasteiger partial charge is 0.486 e. The number of amides is 2. The minimum Gasteiger partial charge on any atom is -0.486 e. The number of ketones is 1. The Balaban J connectivity index is 2.04. The maximum absolute atomic E-state index is 13.2. The van der Waals surface area contributed by atoms with Gasteiger partial charge in [-0.15, -0.1) is 0 Å². The fourth-order valence-electron chi connectivity index (χ4n) is 3.04. The lowest BCUT2D eigenvalue weighted by molar-refractivity contribution is -0.118. The van der Waals surface area contributed by atoms with E-state index in [0.29, 0.717) is 5.75 Å². The average molecular weight is 416 g/mol. The first-order valence-electron chi connectivity index (χ1n) is 9.13. The van der Waals surface area contributed by atoms with Crippen molar-refractivity contribution in [2.75, 3.05) is 22.9 Å². The van der Waals surface area contributed by atoms with Gasteiger partial charge in [-0.1, -0.05) is 32.9 Å². The van der Waals surface area contributed by atoms with E-state index in [2.05, 4.69) is 20.8 Å². The number of nitrogens with zero attached hydrogens (tertiary/aromatic N) is 2. The van der Waals surface area contributed by atoms with Crippen molar-refractivity contribution in [1.29, 1.82) is 0 Å². The van der Waals surface area contributed by atoms with Gasteiger partial charge < -0.3 is 4.74 Å². The highest BCUT2D eigenvalue weighted by Gasteiger charge is 2.41. The maximum Gasteiger partial charge on any atom is 0.342 e. The average Bonchev–Trinajstić information content (AvgIpc) is 2.64. The van der Waals surface area contributed by atoms with Gasteiger partial charge in [-0.25, -0.2) is 13.2 Å². The van der Waals surface area contributed by atoms with Gasteiger partial charge >= 0.3 is 6.03 Å². The lowest BCUT2D eigenvalue weighted by atomic mass is 9.87. The van der Waals surface area contributed by atoms with E-state index < -0.39 is 16.1 Å². The number of carbonyl (C=O) groups excluding carboxylic acids is 2. The molecular formula is C21H24N2O5S. The zero-order chi connectivity index (χ0) is 21.6. The number of hydrogen-bond donors (Lipinski definition) is 0. The molecule has 154 valence electrons. The first kappa shape index (κ1) is 20.9. The van der Waals surface area contributed by atoms with Crippen LogP contribution in [-0.2, 0) is 20.2 Å². The molecule has 0 atom stereocenters. The highest BCUT2D eigenvalue weighted by atomic mass is 32.2. The van der Waals surface area contributed by atoms with Crippen LogP contribution in [0.4, 0.5) is 16.2 Å². The smallest absolute Gasteiger partial charge is 0.342 e. The fraction of sp³-hybridized carbons (Fsp3) is 0.333. The Bertz CT molecular complexity index is 1070. The topological polar surface area (TPSA) is 84.0 Å². The van der Waals surface area contributed by atoms with Crippen LogP contribution in [0.1, 0.15) is 33.3 Å². The Hall–Kier alpha value is -2.87. The molecule has 0 aromatic heterocycles. The highest BCUT2D eigenvalue weighted by Crippen LogP contribution is 2.39. The van der Waals surface area contributed by atoms with Gasteiger partial charge in [0.1, 0.15) is 17.3 Å². The molecular weight excluding hydrogens is 392 g/mol. The number of rotatable bonds is 4. The van der Waals surface area contributed by atoms with E-state index in [-0.39, 0.29) is 34.1 Å². The fourth-order valence-corrected chi connectivity index (χ4v) is 4.66. The summed E-state index contributed by atoms with van der Waals surface area (Å²) in [6.07, 6.45) is 0. The minimum absolute atomic E-state index is 0.00493. The molecule has 1 aliphatic rings. The van der Waals surface area contributed by atoms with Crippen LogP contribution in [0.3, 0.4) is 0 Å². The van der Waals surface area contributed by atoms with Crippen molar-refractivity contribution in [2.24, 2.45) is 0 Å². The summed E-state index contributed by atoms with van der Waals surface area (Å²) in [5.74, 6) is 0.154. The van der Waals surface area contributed by atoms with Crippen LogP contribution in [0.5, 0.6) is 5.75 Å². The second-order valence-electron chi connectivity index (χ2n) is 8.03. The molecule has 3 rings (SSSR count). The number of carbonyl (C=O) groups is 2. The minimum atomic E-state index is -4.09. The Morgan fingerprint density at radius 2 is 1.69 bits per heavy atom. The number of benzene rings is 2. The predicted molar refractivity (Wildman–Crippen MR) is 111 cm³/mol. The van der Waals surface area contributed by atoms with Gasteiger partial charge in [0.25, 0.3) is 10.0 Å². The predicted octanol–water partition coefficient (Wildman–Crippen LogP) is 3.72. The van der Waals surface area contributed by atoms with Crippen LogP contribution in [-0.4, -0.2) is 33.9 Å². The third-order valence-corrected chi connectivity index (χ3v) is 6.43. The van der Waals surface area contributed by atoms with E-state index in [4.69, 9.17) is 4.74 Å². The molecule has 1 heterocycles. The number of anilines is 2. The van der Waals surface area contributed by atoms with Crippen LogP contribution < -0.4 is 13.9 Å². The Morgan fingerprint density at radius 1 is 1.07 bits per heavy atom. The standard InChI is InChI=1S/C21H24N2O5S/c1-14(24)13-28-17-10-11-19-18(12-17)22(5)20(25)23(29(19,26)27)16-8-6-15(7-9-16)21(2,3)4/h6-12H,13H2,1-5H3. The number of ether oxygens (including phenoxy) is 1. The second-order valence-corrected chi connectivity index (χ2v) is 9.78. The van der Waals surface area contributed by atoms with Gasteiger partial charge in [0.05, 0.1) is 11.4 Å². The third-order valence-electron chi connectivity index (χ3n) is 4.68. The number of sulfonamides is 1. The molecule has 0 radical (unpaired) electrons. The first-order valence-corrected chi connectivity index (χ1v) is 10.6. The van der Waals surface area contributed by atoms with Crippen molar-refractivity contribution >= 4 is 33.2 Å². The van der Waals surface area contributed by atoms with Gasteiger partial charge in [-0.3, -0.25) is 9.69 Å². The van der Waals surface area contributed by atoms with Gasteiger partial charge in [0.15, 0.2) is 5.78 Å². The molecule has 0 saturated carbocycles. The Labute approximate surface area is 170 Å². The van der Waals surface area contributed by atoms with E-state index in [9.17, 15) is 18.0 Å². The van der Waals surface area contributed by atoms with Crippen molar-refractivity contribution in [3.8, 4) is 5.75 Å². The molecule has 0 aliphatic carbocycles. The van der Waals surface area contributed by atoms with Crippen LogP contribution >= 0.6 is 0 Å². The molecule has 1 aliphatic heterocycles. The zero-order valence-corrected chi connectivity index (χ0v) is 17.9. The first-order chi connectivity index (χ1) is 13.4. The number of Topliss-reactive ketones (excluding diaryl/α,β-unsaturated/α-hetero) is 1. The Kier molecular flexibility index (Phi) is 5.17. The van der Waals surface area contributed by atoms with Gasteiger partial charge in [0.2, 0.25) is 0 Å². The summed E-state index contributed by atoms with van der Waals surface area (Å²) in [6.45, 7) is 7.43.